The van der Waals surface area contributed by atoms with Gasteiger partial charge in [-0.05, 0) is 24.6 Å². The second kappa shape index (κ2) is 6.62. The standard InChI is InChI=1S/C18H19N3O2/c1-13(14-7-4-3-5-8-14)21-18(17(12-22)19-20-21)15-9-6-10-16(11-15)23-2/h3-11,13,22H,12H2,1-2H3. The molecule has 1 unspecified atom stereocenters. The molecule has 5 heteroatoms. The molecule has 23 heavy (non-hydrogen) atoms. The first-order valence-corrected chi connectivity index (χ1v) is 7.49. The second-order valence-corrected chi connectivity index (χ2v) is 5.31. The van der Waals surface area contributed by atoms with Crippen LogP contribution in [0.25, 0.3) is 11.3 Å². The summed E-state index contributed by atoms with van der Waals surface area (Å²) in [5.74, 6) is 0.756. The van der Waals surface area contributed by atoms with Gasteiger partial charge in [-0.3, -0.25) is 0 Å². The molecular weight excluding hydrogens is 290 g/mol. The highest BCUT2D eigenvalue weighted by Crippen LogP contribution is 2.30. The molecule has 2 aromatic carbocycles. The van der Waals surface area contributed by atoms with Gasteiger partial charge in [0.15, 0.2) is 0 Å². The quantitative estimate of drug-likeness (QED) is 0.787. The van der Waals surface area contributed by atoms with E-state index < -0.39 is 0 Å². The fourth-order valence-electron chi connectivity index (χ4n) is 2.65. The molecule has 1 atom stereocenters. The molecule has 0 fully saturated rings. The van der Waals surface area contributed by atoms with Gasteiger partial charge in [-0.1, -0.05) is 47.7 Å². The summed E-state index contributed by atoms with van der Waals surface area (Å²) in [5, 5.41) is 18.0. The van der Waals surface area contributed by atoms with Crippen LogP contribution in [-0.4, -0.2) is 27.2 Å². The van der Waals surface area contributed by atoms with Crippen LogP contribution in [0.4, 0.5) is 0 Å². The van der Waals surface area contributed by atoms with Crippen molar-refractivity contribution in [2.24, 2.45) is 0 Å². The molecule has 3 rings (SSSR count). The van der Waals surface area contributed by atoms with Crippen LogP contribution in [0.1, 0.15) is 24.2 Å². The Kier molecular flexibility index (Phi) is 4.39. The van der Waals surface area contributed by atoms with E-state index in [2.05, 4.69) is 29.4 Å². The number of methoxy groups -OCH3 is 1. The van der Waals surface area contributed by atoms with Gasteiger partial charge in [-0.15, -0.1) is 5.10 Å². The average Bonchev–Trinajstić information content (AvgIpc) is 3.06. The van der Waals surface area contributed by atoms with Gasteiger partial charge in [0.1, 0.15) is 11.4 Å². The van der Waals surface area contributed by atoms with E-state index in [4.69, 9.17) is 4.74 Å². The Morgan fingerprint density at radius 1 is 1.13 bits per heavy atom. The van der Waals surface area contributed by atoms with Crippen molar-refractivity contribution in [3.05, 3.63) is 65.9 Å². The Bertz CT molecular complexity index is 784. The first kappa shape index (κ1) is 15.2. The molecule has 1 N–H and O–H groups in total. The van der Waals surface area contributed by atoms with Crippen LogP contribution in [0.3, 0.4) is 0 Å². The number of aromatic nitrogens is 3. The fourth-order valence-corrected chi connectivity index (χ4v) is 2.65. The van der Waals surface area contributed by atoms with Gasteiger partial charge in [-0.25, -0.2) is 4.68 Å². The fraction of sp³-hybridized carbons (Fsp3) is 0.222. The first-order chi connectivity index (χ1) is 11.2. The topological polar surface area (TPSA) is 60.2 Å². The summed E-state index contributed by atoms with van der Waals surface area (Å²) >= 11 is 0. The summed E-state index contributed by atoms with van der Waals surface area (Å²) in [6, 6.07) is 17.8. The van der Waals surface area contributed by atoms with Crippen LogP contribution in [0.2, 0.25) is 0 Å². The van der Waals surface area contributed by atoms with E-state index in [1.54, 1.807) is 7.11 Å². The Morgan fingerprint density at radius 2 is 1.91 bits per heavy atom. The molecule has 3 aromatic rings. The largest absolute Gasteiger partial charge is 0.497 e. The summed E-state index contributed by atoms with van der Waals surface area (Å²) < 4.78 is 7.14. The SMILES string of the molecule is COc1cccc(-c2c(CO)nnn2C(C)c2ccccc2)c1. The number of hydrogen-bond acceptors (Lipinski definition) is 4. The molecule has 0 amide bonds. The highest BCUT2D eigenvalue weighted by Gasteiger charge is 2.19. The van der Waals surface area contributed by atoms with E-state index in [-0.39, 0.29) is 12.6 Å². The number of nitrogens with zero attached hydrogens (tertiary/aromatic N) is 3. The van der Waals surface area contributed by atoms with E-state index in [1.165, 1.54) is 0 Å². The van der Waals surface area contributed by atoms with Gasteiger partial charge in [-0.2, -0.15) is 0 Å². The molecule has 0 aliphatic rings. The maximum absolute atomic E-state index is 9.62. The Labute approximate surface area is 135 Å². The molecule has 0 spiro atoms. The molecule has 0 aliphatic carbocycles. The Morgan fingerprint density at radius 3 is 2.61 bits per heavy atom. The van der Waals surface area contributed by atoms with Crippen molar-refractivity contribution in [3.8, 4) is 17.0 Å². The maximum Gasteiger partial charge on any atom is 0.119 e. The predicted molar refractivity (Wildman–Crippen MR) is 88.2 cm³/mol. The number of aliphatic hydroxyl groups excluding tert-OH is 1. The van der Waals surface area contributed by atoms with Crippen LogP contribution in [0.15, 0.2) is 54.6 Å². The van der Waals surface area contributed by atoms with Crippen molar-refractivity contribution in [1.29, 1.82) is 0 Å². The Hall–Kier alpha value is -2.66. The average molecular weight is 309 g/mol. The van der Waals surface area contributed by atoms with E-state index in [0.29, 0.717) is 5.69 Å². The molecule has 118 valence electrons. The van der Waals surface area contributed by atoms with E-state index >= 15 is 0 Å². The third-order valence-electron chi connectivity index (χ3n) is 3.91. The van der Waals surface area contributed by atoms with Gasteiger partial charge in [0.25, 0.3) is 0 Å². The monoisotopic (exact) mass is 309 g/mol. The van der Waals surface area contributed by atoms with Crippen LogP contribution in [-0.2, 0) is 6.61 Å². The van der Waals surface area contributed by atoms with Gasteiger partial charge in [0.2, 0.25) is 0 Å². The summed E-state index contributed by atoms with van der Waals surface area (Å²) in [7, 11) is 1.63. The lowest BCUT2D eigenvalue weighted by Crippen LogP contribution is -2.10. The number of rotatable bonds is 5. The zero-order valence-electron chi connectivity index (χ0n) is 13.2. The van der Waals surface area contributed by atoms with Crippen LogP contribution < -0.4 is 4.74 Å². The van der Waals surface area contributed by atoms with Gasteiger partial charge in [0, 0.05) is 5.56 Å². The zero-order chi connectivity index (χ0) is 16.2. The number of benzene rings is 2. The van der Waals surface area contributed by atoms with Crippen molar-refractivity contribution in [1.82, 2.24) is 15.0 Å². The number of hydrogen-bond donors (Lipinski definition) is 1. The van der Waals surface area contributed by atoms with Crippen molar-refractivity contribution < 1.29 is 9.84 Å². The molecular formula is C18H19N3O2. The summed E-state index contributed by atoms with van der Waals surface area (Å²) in [6.45, 7) is 1.91. The maximum atomic E-state index is 9.62. The van der Waals surface area contributed by atoms with Crippen LogP contribution in [0, 0.1) is 0 Å². The molecule has 0 bridgehead atoms. The lowest BCUT2D eigenvalue weighted by molar-refractivity contribution is 0.277. The zero-order valence-corrected chi connectivity index (χ0v) is 13.2. The van der Waals surface area contributed by atoms with E-state index in [9.17, 15) is 5.11 Å². The second-order valence-electron chi connectivity index (χ2n) is 5.31. The highest BCUT2D eigenvalue weighted by atomic mass is 16.5. The van der Waals surface area contributed by atoms with Crippen molar-refractivity contribution in [2.75, 3.05) is 7.11 Å². The summed E-state index contributed by atoms with van der Waals surface area (Å²) in [6.07, 6.45) is 0. The molecule has 1 heterocycles. The molecule has 0 aliphatic heterocycles. The smallest absolute Gasteiger partial charge is 0.119 e. The third-order valence-corrected chi connectivity index (χ3v) is 3.91. The minimum absolute atomic E-state index is 0.00482. The first-order valence-electron chi connectivity index (χ1n) is 7.49. The third kappa shape index (κ3) is 2.96. The van der Waals surface area contributed by atoms with Crippen LogP contribution >= 0.6 is 0 Å². The van der Waals surface area contributed by atoms with Crippen molar-refractivity contribution in [2.45, 2.75) is 19.6 Å². The molecule has 1 aromatic heterocycles. The lowest BCUT2D eigenvalue weighted by Gasteiger charge is -2.16. The van der Waals surface area contributed by atoms with Gasteiger partial charge < -0.3 is 9.84 Å². The molecule has 0 radical (unpaired) electrons. The highest BCUT2D eigenvalue weighted by molar-refractivity contribution is 5.64. The number of ether oxygens (including phenoxy) is 1. The lowest BCUT2D eigenvalue weighted by atomic mass is 10.1. The van der Waals surface area contributed by atoms with E-state index in [0.717, 1.165) is 22.6 Å². The van der Waals surface area contributed by atoms with E-state index in [1.807, 2.05) is 47.1 Å². The molecule has 0 saturated heterocycles. The van der Waals surface area contributed by atoms with Gasteiger partial charge in [0.05, 0.1) is 25.5 Å². The van der Waals surface area contributed by atoms with Gasteiger partial charge >= 0.3 is 0 Å². The molecule has 5 nitrogen and oxygen atoms in total. The summed E-state index contributed by atoms with van der Waals surface area (Å²) in [5.41, 5.74) is 3.41. The summed E-state index contributed by atoms with van der Waals surface area (Å²) in [4.78, 5) is 0. The Balaban J connectivity index is 2.10. The minimum atomic E-state index is -0.159. The van der Waals surface area contributed by atoms with Crippen LogP contribution in [0.5, 0.6) is 5.75 Å². The predicted octanol–water partition coefficient (Wildman–Crippen LogP) is 3.06. The minimum Gasteiger partial charge on any atom is -0.497 e. The normalized spacial score (nSPS) is 12.1. The van der Waals surface area contributed by atoms with Crippen molar-refractivity contribution >= 4 is 0 Å². The molecule has 0 saturated carbocycles. The van der Waals surface area contributed by atoms with Crippen molar-refractivity contribution in [3.63, 3.8) is 0 Å². The number of aliphatic hydroxyl groups is 1.